The van der Waals surface area contributed by atoms with Gasteiger partial charge in [-0.15, -0.1) is 0 Å². The molecule has 0 aliphatic heterocycles. The molecule has 4 aromatic rings. The Morgan fingerprint density at radius 3 is 2.57 bits per heavy atom. The van der Waals surface area contributed by atoms with Gasteiger partial charge in [0, 0.05) is 13.1 Å². The van der Waals surface area contributed by atoms with Gasteiger partial charge in [-0.25, -0.2) is 9.59 Å². The number of para-hydroxylation sites is 4. The molecule has 0 radical (unpaired) electrons. The van der Waals surface area contributed by atoms with Crippen LogP contribution in [0.2, 0.25) is 0 Å². The minimum Gasteiger partial charge on any atom is -0.466 e. The average Bonchev–Trinajstić information content (AvgIpc) is 3.19. The number of aromatic amines is 1. The number of benzene rings is 2. The number of nitrogens with zero attached hydrogens (tertiary/aromatic N) is 2. The summed E-state index contributed by atoms with van der Waals surface area (Å²) in [5.74, 6) is -0.892. The van der Waals surface area contributed by atoms with Crippen molar-refractivity contribution < 1.29 is 13.9 Å². The predicted molar refractivity (Wildman–Crippen MR) is 103 cm³/mol. The Morgan fingerprint density at radius 2 is 1.71 bits per heavy atom. The Hall–Kier alpha value is -3.55. The van der Waals surface area contributed by atoms with Gasteiger partial charge in [-0.1, -0.05) is 24.3 Å². The summed E-state index contributed by atoms with van der Waals surface area (Å²) in [6.07, 6.45) is 0.582. The van der Waals surface area contributed by atoms with Gasteiger partial charge in [-0.2, -0.15) is 0 Å². The van der Waals surface area contributed by atoms with Gasteiger partial charge in [-0.3, -0.25) is 13.9 Å². The molecule has 0 atom stereocenters. The predicted octanol–water partition coefficient (Wildman–Crippen LogP) is 2.26. The van der Waals surface area contributed by atoms with Crippen LogP contribution in [-0.4, -0.2) is 26.7 Å². The Balaban J connectivity index is 1.29. The van der Waals surface area contributed by atoms with E-state index in [1.54, 1.807) is 28.8 Å². The van der Waals surface area contributed by atoms with Crippen LogP contribution in [0.15, 0.2) is 62.5 Å². The van der Waals surface area contributed by atoms with Crippen LogP contribution < -0.4 is 11.4 Å². The molecule has 0 saturated heterocycles. The van der Waals surface area contributed by atoms with Crippen molar-refractivity contribution in [3.8, 4) is 0 Å². The minimum atomic E-state index is -0.493. The molecule has 2 heterocycles. The lowest BCUT2D eigenvalue weighted by Crippen LogP contribution is -2.19. The van der Waals surface area contributed by atoms with E-state index in [-0.39, 0.29) is 25.3 Å². The molecule has 144 valence electrons. The smallest absolute Gasteiger partial charge is 0.419 e. The van der Waals surface area contributed by atoms with Gasteiger partial charge in [-0.05, 0) is 30.7 Å². The zero-order valence-corrected chi connectivity index (χ0v) is 15.1. The zero-order valence-electron chi connectivity index (χ0n) is 15.1. The first-order valence-electron chi connectivity index (χ1n) is 9.05. The molecule has 0 amide bonds. The maximum atomic E-state index is 12.0. The van der Waals surface area contributed by atoms with Gasteiger partial charge < -0.3 is 14.1 Å². The van der Waals surface area contributed by atoms with Crippen LogP contribution in [0.5, 0.6) is 0 Å². The molecule has 0 unspecified atom stereocenters. The number of H-pyrrole nitrogens is 1. The third-order valence-electron chi connectivity index (χ3n) is 4.58. The van der Waals surface area contributed by atoms with Gasteiger partial charge in [0.05, 0.1) is 29.6 Å². The number of carbonyl (C=O) groups is 1. The van der Waals surface area contributed by atoms with Crippen molar-refractivity contribution in [1.29, 1.82) is 0 Å². The van der Waals surface area contributed by atoms with Crippen LogP contribution in [-0.2, 0) is 22.6 Å². The second-order valence-corrected chi connectivity index (χ2v) is 6.41. The van der Waals surface area contributed by atoms with E-state index >= 15 is 0 Å². The summed E-state index contributed by atoms with van der Waals surface area (Å²) in [6, 6.07) is 14.5. The van der Waals surface area contributed by atoms with Gasteiger partial charge >= 0.3 is 17.4 Å². The first-order chi connectivity index (χ1) is 13.6. The molecule has 0 fully saturated rings. The summed E-state index contributed by atoms with van der Waals surface area (Å²) in [4.78, 5) is 38.7. The standard InChI is InChI=1S/C20H19N3O5/c24-18(10-12-23-16-8-3-4-9-17(16)28-20(23)26)27-13-5-11-22-15-7-2-1-6-14(15)21-19(22)25/h1-4,6-9H,5,10-13H2,(H,21,25). The van der Waals surface area contributed by atoms with Crippen molar-refractivity contribution in [3.05, 3.63) is 69.6 Å². The van der Waals surface area contributed by atoms with Crippen LogP contribution in [0, 0.1) is 0 Å². The third-order valence-corrected chi connectivity index (χ3v) is 4.58. The molecule has 2 aromatic heterocycles. The average molecular weight is 381 g/mol. The van der Waals surface area contributed by atoms with E-state index in [1.165, 1.54) is 4.57 Å². The summed E-state index contributed by atoms with van der Waals surface area (Å²) < 4.78 is 13.4. The number of ether oxygens (including phenoxy) is 1. The van der Waals surface area contributed by atoms with Crippen molar-refractivity contribution in [2.45, 2.75) is 25.9 Å². The monoisotopic (exact) mass is 381 g/mol. The molecular weight excluding hydrogens is 362 g/mol. The fourth-order valence-electron chi connectivity index (χ4n) is 3.24. The van der Waals surface area contributed by atoms with Crippen molar-refractivity contribution in [2.75, 3.05) is 6.61 Å². The largest absolute Gasteiger partial charge is 0.466 e. The van der Waals surface area contributed by atoms with Gasteiger partial charge in [0.15, 0.2) is 5.58 Å². The summed E-state index contributed by atoms with van der Waals surface area (Å²) >= 11 is 0. The fourth-order valence-corrected chi connectivity index (χ4v) is 3.24. The highest BCUT2D eigenvalue weighted by Gasteiger charge is 2.11. The van der Waals surface area contributed by atoms with Crippen LogP contribution in [0.3, 0.4) is 0 Å². The highest BCUT2D eigenvalue weighted by Crippen LogP contribution is 2.12. The normalized spacial score (nSPS) is 11.3. The lowest BCUT2D eigenvalue weighted by atomic mass is 10.3. The van der Waals surface area contributed by atoms with E-state index in [2.05, 4.69) is 4.98 Å². The molecule has 8 heteroatoms. The van der Waals surface area contributed by atoms with E-state index in [0.717, 1.165) is 11.0 Å². The SMILES string of the molecule is O=C(CCn1c(=O)oc2ccccc21)OCCCn1c(=O)[nH]c2ccccc21. The van der Waals surface area contributed by atoms with E-state index in [0.29, 0.717) is 24.1 Å². The Labute approximate surface area is 159 Å². The van der Waals surface area contributed by atoms with E-state index < -0.39 is 11.7 Å². The molecule has 1 N–H and O–H groups in total. The van der Waals surface area contributed by atoms with Gasteiger partial charge in [0.1, 0.15) is 0 Å². The minimum absolute atomic E-state index is 0.0659. The summed E-state index contributed by atoms with van der Waals surface area (Å²) in [6.45, 7) is 0.838. The Kier molecular flexibility index (Phi) is 4.84. The molecule has 28 heavy (non-hydrogen) atoms. The van der Waals surface area contributed by atoms with Crippen molar-refractivity contribution in [3.63, 3.8) is 0 Å². The molecule has 0 aliphatic rings. The topological polar surface area (TPSA) is 99.2 Å². The molecule has 0 spiro atoms. The molecule has 0 saturated carbocycles. The highest BCUT2D eigenvalue weighted by molar-refractivity contribution is 5.75. The zero-order chi connectivity index (χ0) is 19.5. The number of aromatic nitrogens is 3. The third kappa shape index (κ3) is 3.48. The Morgan fingerprint density at radius 1 is 0.964 bits per heavy atom. The second kappa shape index (κ2) is 7.59. The van der Waals surface area contributed by atoms with E-state index in [4.69, 9.17) is 9.15 Å². The molecular formula is C20H19N3O5. The van der Waals surface area contributed by atoms with Crippen LogP contribution in [0.25, 0.3) is 22.1 Å². The lowest BCUT2D eigenvalue weighted by molar-refractivity contribution is -0.144. The quantitative estimate of drug-likeness (QED) is 0.391. The number of carbonyl (C=O) groups excluding carboxylic acids is 1. The van der Waals surface area contributed by atoms with Crippen molar-refractivity contribution >= 4 is 28.1 Å². The summed E-state index contributed by atoms with van der Waals surface area (Å²) in [7, 11) is 0. The van der Waals surface area contributed by atoms with Crippen molar-refractivity contribution in [1.82, 2.24) is 14.1 Å². The van der Waals surface area contributed by atoms with Crippen molar-refractivity contribution in [2.24, 2.45) is 0 Å². The Bertz CT molecular complexity index is 1240. The number of aryl methyl sites for hydroxylation is 2. The van der Waals surface area contributed by atoms with Gasteiger partial charge in [0.25, 0.3) is 0 Å². The number of rotatable bonds is 7. The lowest BCUT2D eigenvalue weighted by Gasteiger charge is -2.06. The number of esters is 1. The van der Waals surface area contributed by atoms with Gasteiger partial charge in [0.2, 0.25) is 0 Å². The highest BCUT2D eigenvalue weighted by atomic mass is 16.5. The molecule has 0 aliphatic carbocycles. The summed E-state index contributed by atoms with van der Waals surface area (Å²) in [5, 5.41) is 0. The number of imidazole rings is 1. The molecule has 4 rings (SSSR count). The summed E-state index contributed by atoms with van der Waals surface area (Å²) in [5.41, 5.74) is 2.56. The van der Waals surface area contributed by atoms with Crippen LogP contribution in [0.4, 0.5) is 0 Å². The second-order valence-electron chi connectivity index (χ2n) is 6.41. The van der Waals surface area contributed by atoms with Crippen LogP contribution >= 0.6 is 0 Å². The van der Waals surface area contributed by atoms with E-state index in [1.807, 2.05) is 24.3 Å². The maximum Gasteiger partial charge on any atom is 0.419 e. The first kappa shape index (κ1) is 17.8. The van der Waals surface area contributed by atoms with Crippen LogP contribution in [0.1, 0.15) is 12.8 Å². The maximum absolute atomic E-state index is 12.0. The number of hydrogen-bond acceptors (Lipinski definition) is 5. The molecule has 8 nitrogen and oxygen atoms in total. The number of oxazole rings is 1. The molecule has 0 bridgehead atoms. The number of nitrogens with one attached hydrogen (secondary N) is 1. The number of hydrogen-bond donors (Lipinski definition) is 1. The number of fused-ring (bicyclic) bond motifs is 2. The molecule has 2 aromatic carbocycles. The first-order valence-corrected chi connectivity index (χ1v) is 9.05. The van der Waals surface area contributed by atoms with E-state index in [9.17, 15) is 14.4 Å². The fraction of sp³-hybridized carbons (Fsp3) is 0.250.